The minimum absolute atomic E-state index is 0.758. The van der Waals surface area contributed by atoms with Crippen LogP contribution in [0.25, 0.3) is 0 Å². The fourth-order valence-electron chi connectivity index (χ4n) is 1.95. The molecule has 1 fully saturated rings. The molecule has 0 saturated heterocycles. The molecule has 0 atom stereocenters. The van der Waals surface area contributed by atoms with Gasteiger partial charge in [0.25, 0.3) is 0 Å². The minimum Gasteiger partial charge on any atom is -0.361 e. The number of hydrogen-bond donors (Lipinski definition) is 1. The molecule has 0 amide bonds. The Kier molecular flexibility index (Phi) is 1.65. The highest BCUT2D eigenvalue weighted by Gasteiger charge is 2.24. The van der Waals surface area contributed by atoms with Crippen molar-refractivity contribution in [2.24, 2.45) is 0 Å². The first kappa shape index (κ1) is 7.56. The van der Waals surface area contributed by atoms with Crippen molar-refractivity contribution in [2.75, 3.05) is 0 Å². The van der Waals surface area contributed by atoms with E-state index in [-0.39, 0.29) is 0 Å². The first-order valence-electron chi connectivity index (χ1n) is 5.13. The second kappa shape index (κ2) is 2.84. The molecule has 0 radical (unpaired) electrons. The van der Waals surface area contributed by atoms with Crippen molar-refractivity contribution >= 4 is 0 Å². The van der Waals surface area contributed by atoms with E-state index in [2.05, 4.69) is 10.5 Å². The highest BCUT2D eigenvalue weighted by Crippen LogP contribution is 2.26. The van der Waals surface area contributed by atoms with Gasteiger partial charge in [0.15, 0.2) is 0 Å². The first-order valence-corrected chi connectivity index (χ1v) is 5.13. The van der Waals surface area contributed by atoms with Crippen molar-refractivity contribution < 1.29 is 4.52 Å². The Morgan fingerprint density at radius 1 is 1.38 bits per heavy atom. The van der Waals surface area contributed by atoms with E-state index >= 15 is 0 Å². The number of aromatic nitrogens is 1. The molecular formula is C10H14N2O. The molecule has 3 heteroatoms. The molecule has 0 aromatic carbocycles. The Labute approximate surface area is 77.5 Å². The zero-order chi connectivity index (χ0) is 8.67. The first-order chi connectivity index (χ1) is 6.43. The summed E-state index contributed by atoms with van der Waals surface area (Å²) in [4.78, 5) is 0. The average molecular weight is 178 g/mol. The number of hydrogen-bond acceptors (Lipinski definition) is 3. The number of nitrogens with zero attached hydrogens (tertiary/aromatic N) is 1. The van der Waals surface area contributed by atoms with E-state index in [0.717, 1.165) is 30.5 Å². The topological polar surface area (TPSA) is 38.1 Å². The van der Waals surface area contributed by atoms with Crippen molar-refractivity contribution in [1.82, 2.24) is 10.5 Å². The van der Waals surface area contributed by atoms with Crippen molar-refractivity contribution in [3.8, 4) is 0 Å². The summed E-state index contributed by atoms with van der Waals surface area (Å²) >= 11 is 0. The third-order valence-corrected chi connectivity index (χ3v) is 2.92. The van der Waals surface area contributed by atoms with Crippen LogP contribution >= 0.6 is 0 Å². The van der Waals surface area contributed by atoms with Gasteiger partial charge >= 0.3 is 0 Å². The lowest BCUT2D eigenvalue weighted by molar-refractivity contribution is 0.377. The lowest BCUT2D eigenvalue weighted by Crippen LogP contribution is -2.16. The fraction of sp³-hybridized carbons (Fsp3) is 0.700. The van der Waals surface area contributed by atoms with Gasteiger partial charge in [-0.25, -0.2) is 0 Å². The highest BCUT2D eigenvalue weighted by molar-refractivity contribution is 5.27. The van der Waals surface area contributed by atoms with E-state index in [1.165, 1.54) is 31.2 Å². The van der Waals surface area contributed by atoms with Crippen molar-refractivity contribution in [3.63, 3.8) is 0 Å². The van der Waals surface area contributed by atoms with Gasteiger partial charge in [0.1, 0.15) is 11.5 Å². The van der Waals surface area contributed by atoms with Crippen LogP contribution in [-0.2, 0) is 19.4 Å². The molecule has 1 aromatic rings. The summed E-state index contributed by atoms with van der Waals surface area (Å²) in [5, 5.41) is 7.57. The molecule has 0 spiro atoms. The van der Waals surface area contributed by atoms with E-state index in [1.807, 2.05) is 0 Å². The summed E-state index contributed by atoms with van der Waals surface area (Å²) in [6, 6.07) is 0.758. The molecule has 2 aliphatic rings. The zero-order valence-corrected chi connectivity index (χ0v) is 7.68. The standard InChI is InChI=1S/C10H14N2O/c1-2-8-9(6-11-7-4-5-7)12-13-10(8)3-1/h7,11H,1-6H2. The molecule has 0 unspecified atom stereocenters. The third-order valence-electron chi connectivity index (χ3n) is 2.92. The second-order valence-corrected chi connectivity index (χ2v) is 4.04. The van der Waals surface area contributed by atoms with Gasteiger partial charge in [-0.05, 0) is 25.7 Å². The van der Waals surface area contributed by atoms with Crippen LogP contribution in [0.2, 0.25) is 0 Å². The van der Waals surface area contributed by atoms with Crippen molar-refractivity contribution in [1.29, 1.82) is 0 Å². The SMILES string of the molecule is C1Cc2onc(CNC3CC3)c2C1. The lowest BCUT2D eigenvalue weighted by atomic mass is 10.2. The summed E-state index contributed by atoms with van der Waals surface area (Å²) in [5.74, 6) is 1.13. The van der Waals surface area contributed by atoms with Gasteiger partial charge in [-0.15, -0.1) is 0 Å². The van der Waals surface area contributed by atoms with Crippen LogP contribution in [0.15, 0.2) is 4.52 Å². The lowest BCUT2D eigenvalue weighted by Gasteiger charge is -1.99. The number of rotatable bonds is 3. The Hall–Kier alpha value is -0.830. The normalized spacial score (nSPS) is 20.6. The monoisotopic (exact) mass is 178 g/mol. The molecule has 1 N–H and O–H groups in total. The molecule has 2 aliphatic carbocycles. The Morgan fingerprint density at radius 3 is 3.15 bits per heavy atom. The molecule has 1 heterocycles. The summed E-state index contributed by atoms with van der Waals surface area (Å²) in [5.41, 5.74) is 2.53. The van der Waals surface area contributed by atoms with E-state index < -0.39 is 0 Å². The average Bonchev–Trinajstić information content (AvgIpc) is 2.72. The Balaban J connectivity index is 1.72. The summed E-state index contributed by atoms with van der Waals surface area (Å²) < 4.78 is 5.27. The highest BCUT2D eigenvalue weighted by atomic mass is 16.5. The van der Waals surface area contributed by atoms with Crippen LogP contribution in [0, 0.1) is 0 Å². The van der Waals surface area contributed by atoms with Crippen LogP contribution in [0.5, 0.6) is 0 Å². The van der Waals surface area contributed by atoms with E-state index in [9.17, 15) is 0 Å². The van der Waals surface area contributed by atoms with Crippen LogP contribution in [0.1, 0.15) is 36.3 Å². The van der Waals surface area contributed by atoms with Gasteiger partial charge in [0, 0.05) is 24.6 Å². The zero-order valence-electron chi connectivity index (χ0n) is 7.68. The quantitative estimate of drug-likeness (QED) is 0.760. The molecule has 13 heavy (non-hydrogen) atoms. The number of nitrogens with one attached hydrogen (secondary N) is 1. The summed E-state index contributed by atoms with van der Waals surface area (Å²) in [7, 11) is 0. The van der Waals surface area contributed by atoms with Crippen LogP contribution in [0.4, 0.5) is 0 Å². The van der Waals surface area contributed by atoms with Gasteiger partial charge in [-0.1, -0.05) is 5.16 Å². The molecular weight excluding hydrogens is 164 g/mol. The van der Waals surface area contributed by atoms with Gasteiger partial charge < -0.3 is 9.84 Å². The van der Waals surface area contributed by atoms with Crippen LogP contribution in [0.3, 0.4) is 0 Å². The second-order valence-electron chi connectivity index (χ2n) is 4.04. The maximum Gasteiger partial charge on any atom is 0.140 e. The molecule has 70 valence electrons. The van der Waals surface area contributed by atoms with Crippen LogP contribution in [-0.4, -0.2) is 11.2 Å². The van der Waals surface area contributed by atoms with Crippen LogP contribution < -0.4 is 5.32 Å². The van der Waals surface area contributed by atoms with Gasteiger partial charge in [0.05, 0.1) is 0 Å². The van der Waals surface area contributed by atoms with E-state index in [1.54, 1.807) is 0 Å². The number of aryl methyl sites for hydroxylation is 1. The largest absolute Gasteiger partial charge is 0.361 e. The van der Waals surface area contributed by atoms with Gasteiger partial charge in [-0.3, -0.25) is 0 Å². The van der Waals surface area contributed by atoms with Gasteiger partial charge in [0.2, 0.25) is 0 Å². The van der Waals surface area contributed by atoms with E-state index in [0.29, 0.717) is 0 Å². The predicted molar refractivity (Wildman–Crippen MR) is 48.4 cm³/mol. The molecule has 1 saturated carbocycles. The maximum atomic E-state index is 5.27. The number of fused-ring (bicyclic) bond motifs is 1. The summed E-state index contributed by atoms with van der Waals surface area (Å²) in [6.07, 6.45) is 6.17. The molecule has 0 aliphatic heterocycles. The predicted octanol–water partition coefficient (Wildman–Crippen LogP) is 1.42. The van der Waals surface area contributed by atoms with Gasteiger partial charge in [-0.2, -0.15) is 0 Å². The third kappa shape index (κ3) is 1.37. The molecule has 3 nitrogen and oxygen atoms in total. The molecule has 0 bridgehead atoms. The smallest absolute Gasteiger partial charge is 0.140 e. The van der Waals surface area contributed by atoms with Crippen molar-refractivity contribution in [2.45, 2.75) is 44.7 Å². The molecule has 3 rings (SSSR count). The molecule has 1 aromatic heterocycles. The Bertz CT molecular complexity index is 315. The summed E-state index contributed by atoms with van der Waals surface area (Å²) in [6.45, 7) is 0.906. The Morgan fingerprint density at radius 2 is 2.31 bits per heavy atom. The minimum atomic E-state index is 0.758. The maximum absolute atomic E-state index is 5.27. The fourth-order valence-corrected chi connectivity index (χ4v) is 1.95. The van der Waals surface area contributed by atoms with E-state index in [4.69, 9.17) is 4.52 Å². The van der Waals surface area contributed by atoms with Crippen molar-refractivity contribution in [3.05, 3.63) is 17.0 Å².